The predicted molar refractivity (Wildman–Crippen MR) is 189 cm³/mol. The van der Waals surface area contributed by atoms with Gasteiger partial charge in [-0.25, -0.2) is 8.42 Å². The predicted octanol–water partition coefficient (Wildman–Crippen LogP) is 6.76. The molecule has 254 valence electrons. The lowest BCUT2D eigenvalue weighted by Gasteiger charge is -2.34. The van der Waals surface area contributed by atoms with Crippen LogP contribution in [0.3, 0.4) is 0 Å². The molecule has 0 fully saturated rings. The first-order chi connectivity index (χ1) is 23.0. The molecule has 2 amide bonds. The van der Waals surface area contributed by atoms with Gasteiger partial charge in [0.1, 0.15) is 24.1 Å². The van der Waals surface area contributed by atoms with Gasteiger partial charge in [-0.1, -0.05) is 78.7 Å². The zero-order valence-corrected chi connectivity index (χ0v) is 29.6. The third kappa shape index (κ3) is 9.00. The summed E-state index contributed by atoms with van der Waals surface area (Å²) in [6, 6.07) is 25.5. The average molecular weight is 713 g/mol. The molecule has 0 aliphatic heterocycles. The normalized spacial score (nSPS) is 12.5. The fourth-order valence-corrected chi connectivity index (χ4v) is 6.80. The first kappa shape index (κ1) is 36.6. The number of ether oxygens (including phenoxy) is 2. The fourth-order valence-electron chi connectivity index (χ4n) is 5.05. The van der Waals surface area contributed by atoms with Crippen molar-refractivity contribution < 1.29 is 27.5 Å². The molecular formula is C36H39Cl2N3O6S. The number of hydrogen-bond acceptors (Lipinski definition) is 6. The van der Waals surface area contributed by atoms with Crippen LogP contribution >= 0.6 is 23.2 Å². The van der Waals surface area contributed by atoms with Crippen molar-refractivity contribution in [1.82, 2.24) is 10.2 Å². The summed E-state index contributed by atoms with van der Waals surface area (Å²) in [5, 5.41) is 3.63. The molecule has 4 aromatic carbocycles. The molecule has 0 heterocycles. The zero-order valence-electron chi connectivity index (χ0n) is 27.2. The molecular weight excluding hydrogens is 673 g/mol. The van der Waals surface area contributed by atoms with Crippen LogP contribution in [0, 0.1) is 0 Å². The van der Waals surface area contributed by atoms with E-state index < -0.39 is 28.5 Å². The summed E-state index contributed by atoms with van der Waals surface area (Å²) in [6.07, 6.45) is 0.849. The lowest BCUT2D eigenvalue weighted by atomic mass is 10.0. The molecule has 4 rings (SSSR count). The summed E-state index contributed by atoms with van der Waals surface area (Å²) in [7, 11) is -1.44. The molecule has 0 radical (unpaired) electrons. The highest BCUT2D eigenvalue weighted by atomic mass is 35.5. The molecule has 0 saturated carbocycles. The molecule has 0 aliphatic carbocycles. The third-order valence-corrected chi connectivity index (χ3v) is 10.4. The van der Waals surface area contributed by atoms with Crippen molar-refractivity contribution in [1.29, 1.82) is 0 Å². The second kappa shape index (κ2) is 16.7. The van der Waals surface area contributed by atoms with Crippen molar-refractivity contribution in [2.45, 2.75) is 50.2 Å². The Morgan fingerprint density at radius 2 is 1.50 bits per heavy atom. The Morgan fingerprint density at radius 3 is 2.12 bits per heavy atom. The molecule has 0 aromatic heterocycles. The number of halogens is 2. The maximum Gasteiger partial charge on any atom is 0.264 e. The Hall–Kier alpha value is -4.25. The van der Waals surface area contributed by atoms with Crippen LogP contribution < -0.4 is 19.1 Å². The summed E-state index contributed by atoms with van der Waals surface area (Å²) < 4.78 is 40.4. The number of nitrogens with one attached hydrogen (secondary N) is 1. The van der Waals surface area contributed by atoms with Crippen LogP contribution in [0.25, 0.3) is 0 Å². The maximum atomic E-state index is 14.7. The minimum absolute atomic E-state index is 0.0521. The molecule has 1 N–H and O–H groups in total. The first-order valence-corrected chi connectivity index (χ1v) is 17.6. The second-order valence-corrected chi connectivity index (χ2v) is 13.8. The number of carbonyl (C=O) groups is 2. The molecule has 48 heavy (non-hydrogen) atoms. The van der Waals surface area contributed by atoms with E-state index in [1.807, 2.05) is 44.2 Å². The van der Waals surface area contributed by atoms with Crippen molar-refractivity contribution in [3.8, 4) is 11.5 Å². The van der Waals surface area contributed by atoms with Crippen LogP contribution in [0.4, 0.5) is 5.69 Å². The van der Waals surface area contributed by atoms with Gasteiger partial charge in [0.2, 0.25) is 11.8 Å². The van der Waals surface area contributed by atoms with Crippen LogP contribution in [-0.4, -0.2) is 58.0 Å². The number of para-hydroxylation sites is 2. The number of carbonyl (C=O) groups excluding carboxylic acids is 2. The van der Waals surface area contributed by atoms with E-state index in [-0.39, 0.29) is 46.3 Å². The van der Waals surface area contributed by atoms with Crippen LogP contribution in [0.15, 0.2) is 102 Å². The molecule has 2 atom stereocenters. The van der Waals surface area contributed by atoms with Crippen molar-refractivity contribution >= 4 is 50.7 Å². The highest BCUT2D eigenvalue weighted by molar-refractivity contribution is 7.92. The number of hydrogen-bond donors (Lipinski definition) is 1. The van der Waals surface area contributed by atoms with Crippen molar-refractivity contribution in [2.24, 2.45) is 0 Å². The highest BCUT2D eigenvalue weighted by Gasteiger charge is 2.36. The number of nitrogens with zero attached hydrogens (tertiary/aromatic N) is 2. The Balaban J connectivity index is 1.85. The van der Waals surface area contributed by atoms with Gasteiger partial charge in [-0.3, -0.25) is 13.9 Å². The minimum atomic E-state index is -4.34. The van der Waals surface area contributed by atoms with Crippen LogP contribution in [0.5, 0.6) is 11.5 Å². The number of methoxy groups -OCH3 is 2. The maximum absolute atomic E-state index is 14.7. The Bertz CT molecular complexity index is 1810. The van der Waals surface area contributed by atoms with Gasteiger partial charge in [-0.2, -0.15) is 0 Å². The highest BCUT2D eigenvalue weighted by Crippen LogP contribution is 2.33. The van der Waals surface area contributed by atoms with Crippen molar-refractivity contribution in [3.63, 3.8) is 0 Å². The van der Waals surface area contributed by atoms with Crippen molar-refractivity contribution in [2.75, 3.05) is 25.1 Å². The number of sulfonamides is 1. The van der Waals surface area contributed by atoms with Crippen LogP contribution in [0.2, 0.25) is 10.0 Å². The van der Waals surface area contributed by atoms with E-state index in [1.54, 1.807) is 42.5 Å². The van der Waals surface area contributed by atoms with Gasteiger partial charge in [-0.15, -0.1) is 0 Å². The quantitative estimate of drug-likeness (QED) is 0.146. The summed E-state index contributed by atoms with van der Waals surface area (Å²) in [6.45, 7) is 3.14. The summed E-state index contributed by atoms with van der Waals surface area (Å²) in [4.78, 5) is 30.0. The van der Waals surface area contributed by atoms with E-state index >= 15 is 0 Å². The molecule has 0 bridgehead atoms. The number of anilines is 1. The van der Waals surface area contributed by atoms with Gasteiger partial charge in [0, 0.05) is 19.0 Å². The summed E-state index contributed by atoms with van der Waals surface area (Å²) >= 11 is 12.6. The van der Waals surface area contributed by atoms with E-state index in [1.165, 1.54) is 43.4 Å². The van der Waals surface area contributed by atoms with Gasteiger partial charge in [0.05, 0.1) is 34.8 Å². The van der Waals surface area contributed by atoms with Gasteiger partial charge in [0.15, 0.2) is 0 Å². The van der Waals surface area contributed by atoms with E-state index in [2.05, 4.69) is 5.32 Å². The van der Waals surface area contributed by atoms with E-state index in [0.29, 0.717) is 22.8 Å². The monoisotopic (exact) mass is 711 g/mol. The largest absolute Gasteiger partial charge is 0.497 e. The standard InChI is InChI=1S/C36H39Cl2N3O6S/c1-5-25(2)39-36(43)33(22-26-11-7-6-8-12-26)40(23-27-15-20-30(37)31(38)21-27)35(42)24-41(32-13-9-10-14-34(32)47-4)48(44,45)29-18-16-28(46-3)17-19-29/h6-21,25,33H,5,22-24H2,1-4H3,(H,39,43)/t25-,33+/m0/s1. The first-order valence-electron chi connectivity index (χ1n) is 15.4. The summed E-state index contributed by atoms with van der Waals surface area (Å²) in [5.74, 6) is -0.278. The number of amides is 2. The number of rotatable bonds is 15. The Morgan fingerprint density at radius 1 is 0.833 bits per heavy atom. The molecule has 4 aromatic rings. The van der Waals surface area contributed by atoms with Crippen molar-refractivity contribution in [3.05, 3.63) is 118 Å². The van der Waals surface area contributed by atoms with Crippen LogP contribution in [-0.2, 0) is 32.6 Å². The molecule has 0 aliphatic rings. The SMILES string of the molecule is CC[C@H](C)NC(=O)[C@@H](Cc1ccccc1)N(Cc1ccc(Cl)c(Cl)c1)C(=O)CN(c1ccccc1OC)S(=O)(=O)c1ccc(OC)cc1. The van der Waals surface area contributed by atoms with Gasteiger partial charge < -0.3 is 19.7 Å². The molecule has 9 nitrogen and oxygen atoms in total. The van der Waals surface area contributed by atoms with Crippen LogP contribution in [0.1, 0.15) is 31.4 Å². The molecule has 12 heteroatoms. The molecule has 0 unspecified atom stereocenters. The second-order valence-electron chi connectivity index (χ2n) is 11.2. The molecule has 0 spiro atoms. The average Bonchev–Trinajstić information content (AvgIpc) is 3.10. The van der Waals surface area contributed by atoms with Gasteiger partial charge >= 0.3 is 0 Å². The molecule has 0 saturated heterocycles. The lowest BCUT2D eigenvalue weighted by Crippen LogP contribution is -2.54. The van der Waals surface area contributed by atoms with E-state index in [0.717, 1.165) is 9.87 Å². The third-order valence-electron chi connectivity index (χ3n) is 7.89. The Labute approximate surface area is 292 Å². The van der Waals surface area contributed by atoms with E-state index in [9.17, 15) is 18.0 Å². The summed E-state index contributed by atoms with van der Waals surface area (Å²) in [5.41, 5.74) is 1.58. The Kier molecular flexibility index (Phi) is 12.7. The van der Waals surface area contributed by atoms with Gasteiger partial charge in [0.25, 0.3) is 10.0 Å². The topological polar surface area (TPSA) is 105 Å². The smallest absolute Gasteiger partial charge is 0.264 e. The lowest BCUT2D eigenvalue weighted by molar-refractivity contribution is -0.140. The number of benzene rings is 4. The fraction of sp³-hybridized carbons (Fsp3) is 0.278. The zero-order chi connectivity index (χ0) is 34.8. The van der Waals surface area contributed by atoms with Gasteiger partial charge in [-0.05, 0) is 73.0 Å². The van der Waals surface area contributed by atoms with E-state index in [4.69, 9.17) is 32.7 Å². The minimum Gasteiger partial charge on any atom is -0.497 e.